The van der Waals surface area contributed by atoms with Crippen LogP contribution in [-0.2, 0) is 11.0 Å². The highest BCUT2D eigenvalue weighted by Crippen LogP contribution is 2.33. The van der Waals surface area contributed by atoms with Gasteiger partial charge < -0.3 is 4.74 Å². The number of carbonyl (C=O) groups is 1. The van der Waals surface area contributed by atoms with Crippen LogP contribution in [0.3, 0.4) is 0 Å². The number of amides is 1. The lowest BCUT2D eigenvalue weighted by molar-refractivity contribution is -0.141. The quantitative estimate of drug-likeness (QED) is 0.672. The zero-order valence-corrected chi connectivity index (χ0v) is 15.3. The maximum absolute atomic E-state index is 13.0. The van der Waals surface area contributed by atoms with Crippen LogP contribution in [0, 0.1) is 6.92 Å². The maximum atomic E-state index is 13.0. The van der Waals surface area contributed by atoms with E-state index in [9.17, 15) is 18.0 Å². The van der Waals surface area contributed by atoms with Gasteiger partial charge in [0.15, 0.2) is 17.4 Å². The van der Waals surface area contributed by atoms with Crippen molar-refractivity contribution >= 4 is 34.0 Å². The summed E-state index contributed by atoms with van der Waals surface area (Å²) in [6.45, 7) is 1.25. The van der Waals surface area contributed by atoms with Crippen LogP contribution in [0.1, 0.15) is 11.4 Å². The van der Waals surface area contributed by atoms with E-state index in [1.54, 1.807) is 24.4 Å². The first-order valence-corrected chi connectivity index (χ1v) is 8.77. The minimum absolute atomic E-state index is 0.182. The van der Waals surface area contributed by atoms with E-state index in [1.165, 1.54) is 23.5 Å². The Morgan fingerprint density at radius 3 is 2.74 bits per heavy atom. The van der Waals surface area contributed by atoms with Gasteiger partial charge >= 0.3 is 6.18 Å². The Balaban J connectivity index is 1.82. The van der Waals surface area contributed by atoms with Crippen molar-refractivity contribution in [2.24, 2.45) is 0 Å². The first-order chi connectivity index (χ1) is 12.7. The van der Waals surface area contributed by atoms with E-state index in [0.29, 0.717) is 11.2 Å². The van der Waals surface area contributed by atoms with Crippen molar-refractivity contribution in [2.45, 2.75) is 13.1 Å². The number of benzene rings is 1. The Kier molecular flexibility index (Phi) is 5.38. The minimum Gasteiger partial charge on any atom is -0.467 e. The average molecular weight is 417 g/mol. The van der Waals surface area contributed by atoms with Crippen molar-refractivity contribution in [1.82, 2.24) is 14.8 Å². The lowest BCUT2D eigenvalue weighted by atomic mass is 10.3. The molecule has 0 aliphatic heterocycles. The van der Waals surface area contributed by atoms with Gasteiger partial charge in [-0.15, -0.1) is 11.3 Å². The second kappa shape index (κ2) is 7.57. The van der Waals surface area contributed by atoms with Crippen LogP contribution < -0.4 is 10.1 Å². The molecule has 1 amide bonds. The molecule has 0 bridgehead atoms. The fraction of sp³-hybridized carbons (Fsp3) is 0.188. The standard InChI is InChI=1S/C16H12ClF3N4O2S/c1-9-8-27-15(21-9)22-13(25)7-26-14-6-12(16(18,19)20)23-24(14)11-5-3-2-4-10(11)17/h2-6,8H,7H2,1H3,(H,21,22,25). The van der Waals surface area contributed by atoms with Crippen LogP contribution in [0.15, 0.2) is 35.7 Å². The third-order valence-electron chi connectivity index (χ3n) is 3.26. The van der Waals surface area contributed by atoms with E-state index >= 15 is 0 Å². The molecule has 1 N–H and O–H groups in total. The molecule has 27 heavy (non-hydrogen) atoms. The van der Waals surface area contributed by atoms with Gasteiger partial charge in [0.2, 0.25) is 5.88 Å². The summed E-state index contributed by atoms with van der Waals surface area (Å²) in [4.78, 5) is 16.0. The number of anilines is 1. The Morgan fingerprint density at radius 2 is 2.11 bits per heavy atom. The summed E-state index contributed by atoms with van der Waals surface area (Å²) in [5, 5.41) is 8.33. The molecule has 142 valence electrons. The van der Waals surface area contributed by atoms with Crippen molar-refractivity contribution in [1.29, 1.82) is 0 Å². The molecule has 2 heterocycles. The van der Waals surface area contributed by atoms with Crippen molar-refractivity contribution in [3.63, 3.8) is 0 Å². The number of aryl methyl sites for hydroxylation is 1. The van der Waals surface area contributed by atoms with Crippen LogP contribution in [0.2, 0.25) is 5.02 Å². The third-order valence-corrected chi connectivity index (χ3v) is 4.46. The van der Waals surface area contributed by atoms with E-state index in [2.05, 4.69) is 15.4 Å². The SMILES string of the molecule is Cc1csc(NC(=O)COc2cc(C(F)(F)F)nn2-c2ccccc2Cl)n1. The molecule has 0 atom stereocenters. The molecule has 0 spiro atoms. The minimum atomic E-state index is -4.68. The van der Waals surface area contributed by atoms with Gasteiger partial charge in [-0.3, -0.25) is 10.1 Å². The Labute approximate surface area is 160 Å². The highest BCUT2D eigenvalue weighted by molar-refractivity contribution is 7.13. The number of hydrogen-bond acceptors (Lipinski definition) is 5. The Hall–Kier alpha value is -2.59. The van der Waals surface area contributed by atoms with Crippen molar-refractivity contribution < 1.29 is 22.7 Å². The molecule has 2 aromatic heterocycles. The van der Waals surface area contributed by atoms with Crippen LogP contribution in [-0.4, -0.2) is 27.3 Å². The zero-order chi connectivity index (χ0) is 19.6. The number of alkyl halides is 3. The summed E-state index contributed by atoms with van der Waals surface area (Å²) in [6, 6.07) is 6.93. The molecular formula is C16H12ClF3N4O2S. The molecule has 6 nitrogen and oxygen atoms in total. The molecule has 11 heteroatoms. The smallest absolute Gasteiger partial charge is 0.435 e. The van der Waals surface area contributed by atoms with Crippen LogP contribution in [0.5, 0.6) is 5.88 Å². The van der Waals surface area contributed by atoms with Gasteiger partial charge in [0, 0.05) is 11.4 Å². The van der Waals surface area contributed by atoms with Gasteiger partial charge in [-0.25, -0.2) is 4.98 Å². The summed E-state index contributed by atoms with van der Waals surface area (Å²) in [5.74, 6) is -0.828. The van der Waals surface area contributed by atoms with Crippen LogP contribution in [0.4, 0.5) is 18.3 Å². The molecule has 1 aromatic carbocycles. The molecule has 0 saturated carbocycles. The molecule has 0 saturated heterocycles. The number of ether oxygens (including phenoxy) is 1. The molecule has 0 aliphatic carbocycles. The summed E-state index contributed by atoms with van der Waals surface area (Å²) in [7, 11) is 0. The van der Waals surface area contributed by atoms with Crippen molar-refractivity contribution in [3.8, 4) is 11.6 Å². The van der Waals surface area contributed by atoms with Gasteiger partial charge in [0.1, 0.15) is 0 Å². The van der Waals surface area contributed by atoms with Crippen molar-refractivity contribution in [3.05, 3.63) is 52.1 Å². The largest absolute Gasteiger partial charge is 0.467 e. The molecule has 3 rings (SSSR count). The number of carbonyl (C=O) groups excluding carboxylic acids is 1. The van der Waals surface area contributed by atoms with Gasteiger partial charge in [0.05, 0.1) is 16.4 Å². The number of aromatic nitrogens is 3. The Bertz CT molecular complexity index is 971. The van der Waals surface area contributed by atoms with Gasteiger partial charge in [0.25, 0.3) is 5.91 Å². The highest BCUT2D eigenvalue weighted by atomic mass is 35.5. The predicted octanol–water partition coefficient (Wildman–Crippen LogP) is 4.33. The lowest BCUT2D eigenvalue weighted by Crippen LogP contribution is -2.21. The van der Waals surface area contributed by atoms with Crippen LogP contribution in [0.25, 0.3) is 5.69 Å². The summed E-state index contributed by atoms with van der Waals surface area (Å²) >= 11 is 7.27. The molecule has 0 radical (unpaired) electrons. The molecular weight excluding hydrogens is 405 g/mol. The van der Waals surface area contributed by atoms with E-state index in [4.69, 9.17) is 16.3 Å². The number of nitrogens with zero attached hydrogens (tertiary/aromatic N) is 3. The monoisotopic (exact) mass is 416 g/mol. The predicted molar refractivity (Wildman–Crippen MR) is 94.6 cm³/mol. The number of hydrogen-bond donors (Lipinski definition) is 1. The number of para-hydroxylation sites is 1. The second-order valence-corrected chi connectivity index (χ2v) is 6.62. The van der Waals surface area contributed by atoms with E-state index in [1.807, 2.05) is 0 Å². The topological polar surface area (TPSA) is 69.0 Å². The number of rotatable bonds is 5. The molecule has 3 aromatic rings. The zero-order valence-electron chi connectivity index (χ0n) is 13.7. The number of halogens is 4. The average Bonchev–Trinajstić information content (AvgIpc) is 3.19. The third kappa shape index (κ3) is 4.58. The maximum Gasteiger partial charge on any atom is 0.435 e. The van der Waals surface area contributed by atoms with Gasteiger partial charge in [-0.2, -0.15) is 23.0 Å². The molecule has 0 aliphatic rings. The van der Waals surface area contributed by atoms with Gasteiger partial charge in [-0.1, -0.05) is 23.7 Å². The van der Waals surface area contributed by atoms with Gasteiger partial charge in [-0.05, 0) is 19.1 Å². The van der Waals surface area contributed by atoms with E-state index in [-0.39, 0.29) is 16.6 Å². The summed E-state index contributed by atoms with van der Waals surface area (Å²) in [5.41, 5.74) is -0.225. The second-order valence-electron chi connectivity index (χ2n) is 5.36. The van der Waals surface area contributed by atoms with E-state index < -0.39 is 24.4 Å². The van der Waals surface area contributed by atoms with E-state index in [0.717, 1.165) is 10.4 Å². The Morgan fingerprint density at radius 1 is 1.37 bits per heavy atom. The first kappa shape index (κ1) is 19.2. The number of nitrogens with one attached hydrogen (secondary N) is 1. The fourth-order valence-corrected chi connectivity index (χ4v) is 3.03. The molecule has 0 fully saturated rings. The van der Waals surface area contributed by atoms with Crippen molar-refractivity contribution in [2.75, 3.05) is 11.9 Å². The summed E-state index contributed by atoms with van der Waals surface area (Å²) < 4.78 is 45.3. The highest BCUT2D eigenvalue weighted by Gasteiger charge is 2.36. The molecule has 0 unspecified atom stereocenters. The fourth-order valence-electron chi connectivity index (χ4n) is 2.11. The first-order valence-electron chi connectivity index (χ1n) is 7.51. The van der Waals surface area contributed by atoms with Crippen LogP contribution >= 0.6 is 22.9 Å². The summed E-state index contributed by atoms with van der Waals surface area (Å²) in [6.07, 6.45) is -4.68. The normalized spacial score (nSPS) is 11.4. The lowest BCUT2D eigenvalue weighted by Gasteiger charge is -2.10. The number of thiazole rings is 1.